The Morgan fingerprint density at radius 2 is 2.00 bits per heavy atom. The topological polar surface area (TPSA) is 92.0 Å². The maximum Gasteiger partial charge on any atom is 0.320 e. The molecule has 3 saturated heterocycles. The van der Waals surface area contributed by atoms with Crippen LogP contribution in [0.4, 0.5) is 4.79 Å². The zero-order valence-corrected chi connectivity index (χ0v) is 21.2. The van der Waals surface area contributed by atoms with Crippen molar-refractivity contribution in [1.82, 2.24) is 25.1 Å². The first-order valence-electron chi connectivity index (χ1n) is 13.3. The number of rotatable bonds is 3. The van der Waals surface area contributed by atoms with Gasteiger partial charge in [-0.2, -0.15) is 0 Å². The van der Waals surface area contributed by atoms with Crippen LogP contribution in [0.1, 0.15) is 35.6 Å². The van der Waals surface area contributed by atoms with Gasteiger partial charge in [0.2, 0.25) is 0 Å². The first-order chi connectivity index (χ1) is 18.2. The van der Waals surface area contributed by atoms with Crippen molar-refractivity contribution in [3.63, 3.8) is 0 Å². The molecule has 0 spiro atoms. The van der Waals surface area contributed by atoms with Crippen LogP contribution >= 0.6 is 0 Å². The van der Waals surface area contributed by atoms with Crippen molar-refractivity contribution in [2.24, 2.45) is 0 Å². The molecule has 7 rings (SSSR count). The second-order valence-corrected chi connectivity index (χ2v) is 10.6. The van der Waals surface area contributed by atoms with E-state index in [-0.39, 0.29) is 24.3 Å². The number of amides is 2. The second-order valence-electron chi connectivity index (χ2n) is 10.6. The van der Waals surface area contributed by atoms with Crippen LogP contribution < -0.4 is 10.1 Å². The molecule has 6 heterocycles. The van der Waals surface area contributed by atoms with Crippen molar-refractivity contribution < 1.29 is 19.0 Å². The van der Waals surface area contributed by atoms with Crippen LogP contribution in [-0.4, -0.2) is 84.5 Å². The highest BCUT2D eigenvalue weighted by Gasteiger charge is 2.38. The molecule has 4 aliphatic heterocycles. The molecule has 2 bridgehead atoms. The van der Waals surface area contributed by atoms with E-state index in [0.717, 1.165) is 66.9 Å². The zero-order chi connectivity index (χ0) is 24.9. The van der Waals surface area contributed by atoms with E-state index in [4.69, 9.17) is 14.2 Å². The lowest BCUT2D eigenvalue weighted by Crippen LogP contribution is -2.52. The van der Waals surface area contributed by atoms with Gasteiger partial charge in [0.15, 0.2) is 0 Å². The van der Waals surface area contributed by atoms with E-state index in [9.17, 15) is 4.79 Å². The van der Waals surface area contributed by atoms with E-state index in [0.29, 0.717) is 26.2 Å². The van der Waals surface area contributed by atoms with Gasteiger partial charge >= 0.3 is 6.03 Å². The number of methoxy groups -OCH3 is 1. The molecule has 9 nitrogen and oxygen atoms in total. The Kier molecular flexibility index (Phi) is 5.79. The fourth-order valence-corrected chi connectivity index (χ4v) is 6.38. The molecule has 3 aromatic rings. The largest absolute Gasteiger partial charge is 0.494 e. The average molecular weight is 504 g/mol. The standard InChI is InChI=1S/C28H33N5O4/c1-35-26-12-31-27-23(26)10-19(11-30-27)18-8-17-4-6-32(28(34)33-13-20-2-3-21(14-33)37-20)15-24(17)22(9-18)25-16-36-7-5-29-25/h8-12,20-21,25,29H,2-7,13-16H2,1H3,(H,30,31)/t20?,21?,25-/m0/s1. The van der Waals surface area contributed by atoms with E-state index in [1.165, 1.54) is 16.7 Å². The van der Waals surface area contributed by atoms with Crippen molar-refractivity contribution in [2.75, 3.05) is 46.5 Å². The minimum absolute atomic E-state index is 0.0928. The summed E-state index contributed by atoms with van der Waals surface area (Å²) >= 11 is 0. The lowest BCUT2D eigenvalue weighted by atomic mass is 9.87. The number of H-pyrrole nitrogens is 1. The Hall–Kier alpha value is -3.14. The quantitative estimate of drug-likeness (QED) is 0.570. The monoisotopic (exact) mass is 503 g/mol. The molecule has 2 N–H and O–H groups in total. The van der Waals surface area contributed by atoms with Crippen LogP contribution in [0.25, 0.3) is 22.2 Å². The number of urea groups is 1. The maximum atomic E-state index is 13.6. The number of carbonyl (C=O) groups is 1. The van der Waals surface area contributed by atoms with Crippen LogP contribution in [0, 0.1) is 0 Å². The summed E-state index contributed by atoms with van der Waals surface area (Å²) in [5, 5.41) is 4.61. The molecule has 0 aliphatic carbocycles. The van der Waals surface area contributed by atoms with Gasteiger partial charge in [-0.25, -0.2) is 9.78 Å². The highest BCUT2D eigenvalue weighted by molar-refractivity contribution is 5.87. The SMILES string of the molecule is COc1c[nH]c2ncc(-c3cc4c(c([C@@H]5COCCN5)c3)CN(C(=O)N3CC5CCC(C3)O5)CC4)cc12. The third-order valence-corrected chi connectivity index (χ3v) is 8.30. The molecule has 0 radical (unpaired) electrons. The number of likely N-dealkylation sites (tertiary alicyclic amines) is 1. The Morgan fingerprint density at radius 3 is 2.78 bits per heavy atom. The van der Waals surface area contributed by atoms with Gasteiger partial charge < -0.3 is 34.3 Å². The highest BCUT2D eigenvalue weighted by Crippen LogP contribution is 2.36. The number of fused-ring (bicyclic) bond motifs is 4. The summed E-state index contributed by atoms with van der Waals surface area (Å²) in [5.41, 5.74) is 6.75. The van der Waals surface area contributed by atoms with E-state index in [1.807, 2.05) is 22.2 Å². The van der Waals surface area contributed by atoms with E-state index >= 15 is 0 Å². The molecule has 4 aliphatic rings. The van der Waals surface area contributed by atoms with Gasteiger partial charge in [0.05, 0.1) is 44.0 Å². The summed E-state index contributed by atoms with van der Waals surface area (Å²) in [6, 6.07) is 6.91. The Morgan fingerprint density at radius 1 is 1.14 bits per heavy atom. The fourth-order valence-electron chi connectivity index (χ4n) is 6.38. The lowest BCUT2D eigenvalue weighted by Gasteiger charge is -2.39. The van der Waals surface area contributed by atoms with Crippen LogP contribution in [0.3, 0.4) is 0 Å². The second kappa shape index (κ2) is 9.31. The summed E-state index contributed by atoms with van der Waals surface area (Å²) in [5.74, 6) is 0.788. The summed E-state index contributed by atoms with van der Waals surface area (Å²) in [6.07, 6.45) is 7.11. The molecule has 2 unspecified atom stereocenters. The molecule has 9 heteroatoms. The molecular weight excluding hydrogens is 470 g/mol. The molecule has 0 saturated carbocycles. The van der Waals surface area contributed by atoms with Gasteiger partial charge in [-0.15, -0.1) is 0 Å². The minimum Gasteiger partial charge on any atom is -0.494 e. The Balaban J connectivity index is 1.23. The number of morpholine rings is 2. The van der Waals surface area contributed by atoms with Crippen molar-refractivity contribution in [3.8, 4) is 16.9 Å². The number of pyridine rings is 1. The fraction of sp³-hybridized carbons (Fsp3) is 0.500. The lowest BCUT2D eigenvalue weighted by molar-refractivity contribution is -0.0291. The molecular formula is C28H33N5O4. The minimum atomic E-state index is 0.0928. The van der Waals surface area contributed by atoms with Crippen molar-refractivity contribution in [2.45, 2.75) is 44.1 Å². The maximum absolute atomic E-state index is 13.6. The predicted molar refractivity (Wildman–Crippen MR) is 139 cm³/mol. The van der Waals surface area contributed by atoms with Crippen molar-refractivity contribution >= 4 is 17.1 Å². The Bertz CT molecular complexity index is 1320. The van der Waals surface area contributed by atoms with Crippen LogP contribution in [0.2, 0.25) is 0 Å². The number of hydrogen-bond donors (Lipinski definition) is 2. The van der Waals surface area contributed by atoms with Gasteiger partial charge in [-0.1, -0.05) is 6.07 Å². The number of nitrogens with zero attached hydrogens (tertiary/aromatic N) is 3. The normalized spacial score (nSPS) is 25.4. The number of hydrogen-bond acceptors (Lipinski definition) is 6. The highest BCUT2D eigenvalue weighted by atomic mass is 16.5. The zero-order valence-electron chi connectivity index (χ0n) is 21.2. The summed E-state index contributed by atoms with van der Waals surface area (Å²) in [7, 11) is 1.68. The number of aromatic amines is 1. The number of nitrogens with one attached hydrogen (secondary N) is 2. The third-order valence-electron chi connectivity index (χ3n) is 8.30. The molecule has 194 valence electrons. The number of carbonyl (C=O) groups excluding carboxylic acids is 1. The summed E-state index contributed by atoms with van der Waals surface area (Å²) in [4.78, 5) is 25.4. The van der Waals surface area contributed by atoms with E-state index in [1.54, 1.807) is 7.11 Å². The van der Waals surface area contributed by atoms with E-state index in [2.05, 4.69) is 33.5 Å². The van der Waals surface area contributed by atoms with Crippen LogP contribution in [0.5, 0.6) is 5.75 Å². The molecule has 3 atom stereocenters. The van der Waals surface area contributed by atoms with E-state index < -0.39 is 0 Å². The van der Waals surface area contributed by atoms with Gasteiger partial charge in [0, 0.05) is 50.7 Å². The number of ether oxygens (including phenoxy) is 3. The number of benzene rings is 1. The van der Waals surface area contributed by atoms with Gasteiger partial charge in [0.25, 0.3) is 0 Å². The summed E-state index contributed by atoms with van der Waals surface area (Å²) < 4.78 is 17.3. The summed E-state index contributed by atoms with van der Waals surface area (Å²) in [6.45, 7) is 4.92. The molecule has 37 heavy (non-hydrogen) atoms. The molecule has 3 fully saturated rings. The van der Waals surface area contributed by atoms with Crippen molar-refractivity contribution in [3.05, 3.63) is 47.3 Å². The van der Waals surface area contributed by atoms with Gasteiger partial charge in [-0.05, 0) is 53.6 Å². The smallest absolute Gasteiger partial charge is 0.320 e. The van der Waals surface area contributed by atoms with Gasteiger partial charge in [0.1, 0.15) is 11.4 Å². The average Bonchev–Trinajstić information content (AvgIpc) is 3.53. The Labute approximate surface area is 216 Å². The van der Waals surface area contributed by atoms with Crippen LogP contribution in [-0.2, 0) is 22.4 Å². The van der Waals surface area contributed by atoms with Crippen molar-refractivity contribution in [1.29, 1.82) is 0 Å². The molecule has 2 aromatic heterocycles. The first kappa shape index (κ1) is 23.0. The molecule has 2 amide bonds. The third kappa shape index (κ3) is 4.15. The van der Waals surface area contributed by atoms with Crippen LogP contribution in [0.15, 0.2) is 30.6 Å². The predicted octanol–water partition coefficient (Wildman–Crippen LogP) is 3.24. The first-order valence-corrected chi connectivity index (χ1v) is 13.3. The molecule has 1 aromatic carbocycles. The van der Waals surface area contributed by atoms with Gasteiger partial charge in [-0.3, -0.25) is 0 Å². The number of aromatic nitrogens is 2.